The van der Waals surface area contributed by atoms with Crippen LogP contribution in [0, 0.1) is 0 Å². The summed E-state index contributed by atoms with van der Waals surface area (Å²) in [6.45, 7) is 0.606. The maximum atomic E-state index is 5.69. The Bertz CT molecular complexity index is 314. The molecule has 2 nitrogen and oxygen atoms in total. The van der Waals surface area contributed by atoms with E-state index < -0.39 is 0 Å². The lowest BCUT2D eigenvalue weighted by Gasteiger charge is -2.25. The van der Waals surface area contributed by atoms with Crippen molar-refractivity contribution in [1.29, 1.82) is 0 Å². The number of alkyl halides is 1. The van der Waals surface area contributed by atoms with Gasteiger partial charge in [-0.15, -0.1) is 0 Å². The Balaban J connectivity index is 2.32. The fourth-order valence-corrected chi connectivity index (χ4v) is 1.94. The van der Waals surface area contributed by atoms with Crippen LogP contribution in [0.5, 0.6) is 11.5 Å². The van der Waals surface area contributed by atoms with Crippen LogP contribution in [0.25, 0.3) is 0 Å². The molecule has 4 heteroatoms. The zero-order chi connectivity index (χ0) is 9.26. The van der Waals surface area contributed by atoms with Crippen molar-refractivity contribution in [2.75, 3.05) is 11.9 Å². The van der Waals surface area contributed by atoms with Crippen molar-refractivity contribution in [1.82, 2.24) is 0 Å². The van der Waals surface area contributed by atoms with Crippen LogP contribution >= 0.6 is 31.9 Å². The molecule has 1 aliphatic heterocycles. The van der Waals surface area contributed by atoms with Gasteiger partial charge in [0.15, 0.2) is 11.5 Å². The van der Waals surface area contributed by atoms with Crippen molar-refractivity contribution in [3.05, 3.63) is 22.7 Å². The van der Waals surface area contributed by atoms with E-state index in [-0.39, 0.29) is 6.10 Å². The average molecular weight is 308 g/mol. The molecule has 0 fully saturated rings. The maximum Gasteiger partial charge on any atom is 0.175 e. The van der Waals surface area contributed by atoms with Gasteiger partial charge < -0.3 is 9.47 Å². The molecule has 0 bridgehead atoms. The first kappa shape index (κ1) is 9.34. The highest BCUT2D eigenvalue weighted by molar-refractivity contribution is 9.10. The quantitative estimate of drug-likeness (QED) is 0.743. The van der Waals surface area contributed by atoms with Crippen molar-refractivity contribution in [2.24, 2.45) is 0 Å². The summed E-state index contributed by atoms with van der Waals surface area (Å²) in [5, 5.41) is 0.785. The number of fused-ring (bicyclic) bond motifs is 1. The van der Waals surface area contributed by atoms with Crippen LogP contribution in [0.3, 0.4) is 0 Å². The summed E-state index contributed by atoms with van der Waals surface area (Å²) in [5.41, 5.74) is 0. The molecule has 0 aromatic heterocycles. The zero-order valence-corrected chi connectivity index (χ0v) is 9.97. The number of para-hydroxylation sites is 1. The fraction of sp³-hybridized carbons (Fsp3) is 0.333. The molecular weight excluding hydrogens is 300 g/mol. The van der Waals surface area contributed by atoms with Crippen molar-refractivity contribution >= 4 is 31.9 Å². The van der Waals surface area contributed by atoms with Gasteiger partial charge in [0, 0.05) is 5.33 Å². The van der Waals surface area contributed by atoms with Crippen LogP contribution < -0.4 is 9.47 Å². The minimum Gasteiger partial charge on any atom is -0.486 e. The van der Waals surface area contributed by atoms with Crippen molar-refractivity contribution in [3.8, 4) is 11.5 Å². The van der Waals surface area contributed by atoms with Crippen LogP contribution in [-0.4, -0.2) is 18.0 Å². The van der Waals surface area contributed by atoms with Crippen LogP contribution in [0.1, 0.15) is 0 Å². The molecule has 1 atom stereocenters. The summed E-state index contributed by atoms with van der Waals surface area (Å²) < 4.78 is 12.2. The van der Waals surface area contributed by atoms with Crippen LogP contribution in [0.15, 0.2) is 22.7 Å². The highest BCUT2D eigenvalue weighted by Gasteiger charge is 2.21. The molecular formula is C9H8Br2O2. The average Bonchev–Trinajstić information content (AvgIpc) is 2.18. The maximum absolute atomic E-state index is 5.69. The van der Waals surface area contributed by atoms with Crippen molar-refractivity contribution in [2.45, 2.75) is 6.10 Å². The molecule has 0 N–H and O–H groups in total. The molecule has 2 rings (SSSR count). The predicted octanol–water partition coefficient (Wildman–Crippen LogP) is 2.98. The van der Waals surface area contributed by atoms with Gasteiger partial charge in [0.2, 0.25) is 0 Å². The molecule has 70 valence electrons. The summed E-state index contributed by atoms with van der Waals surface area (Å²) in [7, 11) is 0. The van der Waals surface area contributed by atoms with Crippen LogP contribution in [0.4, 0.5) is 0 Å². The minimum absolute atomic E-state index is 0.103. The molecule has 1 aromatic carbocycles. The lowest BCUT2D eigenvalue weighted by atomic mass is 10.3. The zero-order valence-electron chi connectivity index (χ0n) is 6.80. The highest BCUT2D eigenvalue weighted by Crippen LogP contribution is 2.38. The van der Waals surface area contributed by atoms with Gasteiger partial charge in [-0.05, 0) is 28.1 Å². The van der Waals surface area contributed by atoms with E-state index in [0.29, 0.717) is 6.61 Å². The lowest BCUT2D eigenvalue weighted by molar-refractivity contribution is 0.107. The third-order valence-corrected chi connectivity index (χ3v) is 3.16. The summed E-state index contributed by atoms with van der Waals surface area (Å²) in [6, 6.07) is 5.78. The second-order valence-electron chi connectivity index (χ2n) is 2.77. The Morgan fingerprint density at radius 2 is 2.31 bits per heavy atom. The first-order valence-corrected chi connectivity index (χ1v) is 5.86. The second kappa shape index (κ2) is 3.88. The molecule has 1 heterocycles. The summed E-state index contributed by atoms with van der Waals surface area (Å²) in [6.07, 6.45) is 0.103. The van der Waals surface area contributed by atoms with Gasteiger partial charge in [-0.3, -0.25) is 0 Å². The Morgan fingerprint density at radius 1 is 1.46 bits per heavy atom. The SMILES string of the molecule is BrC[C@H]1COc2cccc(Br)c2O1. The molecule has 0 aliphatic carbocycles. The third-order valence-electron chi connectivity index (χ3n) is 1.81. The highest BCUT2D eigenvalue weighted by atomic mass is 79.9. The first-order valence-electron chi connectivity index (χ1n) is 3.95. The van der Waals surface area contributed by atoms with Gasteiger partial charge in [0.25, 0.3) is 0 Å². The van der Waals surface area contributed by atoms with Gasteiger partial charge in [-0.25, -0.2) is 0 Å². The molecule has 0 saturated carbocycles. The number of benzene rings is 1. The first-order chi connectivity index (χ1) is 6.31. The Hall–Kier alpha value is -0.220. The minimum atomic E-state index is 0.103. The molecule has 0 amide bonds. The number of halogens is 2. The van der Waals surface area contributed by atoms with Gasteiger partial charge in [-0.1, -0.05) is 22.0 Å². The number of hydrogen-bond acceptors (Lipinski definition) is 2. The molecule has 0 spiro atoms. The lowest BCUT2D eigenvalue weighted by Crippen LogP contribution is -2.30. The van der Waals surface area contributed by atoms with E-state index in [1.54, 1.807) is 0 Å². The predicted molar refractivity (Wildman–Crippen MR) is 57.8 cm³/mol. The van der Waals surface area contributed by atoms with E-state index >= 15 is 0 Å². The Morgan fingerprint density at radius 3 is 3.08 bits per heavy atom. The van der Waals surface area contributed by atoms with Crippen molar-refractivity contribution in [3.63, 3.8) is 0 Å². The Labute approximate surface area is 93.5 Å². The van der Waals surface area contributed by atoms with Crippen molar-refractivity contribution < 1.29 is 9.47 Å². The van der Waals surface area contributed by atoms with E-state index in [1.165, 1.54) is 0 Å². The summed E-state index contributed by atoms with van der Waals surface area (Å²) >= 11 is 6.79. The number of hydrogen-bond donors (Lipinski definition) is 0. The normalized spacial score (nSPS) is 20.0. The molecule has 1 aromatic rings. The van der Waals surface area contributed by atoms with E-state index in [9.17, 15) is 0 Å². The van der Waals surface area contributed by atoms with E-state index in [4.69, 9.17) is 9.47 Å². The molecule has 1 aliphatic rings. The summed E-state index contributed by atoms with van der Waals surface area (Å²) in [5.74, 6) is 1.62. The molecule has 0 unspecified atom stereocenters. The number of rotatable bonds is 1. The monoisotopic (exact) mass is 306 g/mol. The van der Waals surface area contributed by atoms with E-state index in [0.717, 1.165) is 21.3 Å². The van der Waals surface area contributed by atoms with Gasteiger partial charge in [0.1, 0.15) is 12.7 Å². The molecule has 0 radical (unpaired) electrons. The second-order valence-corrected chi connectivity index (χ2v) is 4.27. The fourth-order valence-electron chi connectivity index (χ4n) is 1.18. The van der Waals surface area contributed by atoms with E-state index in [1.807, 2.05) is 18.2 Å². The summed E-state index contributed by atoms with van der Waals surface area (Å²) in [4.78, 5) is 0. The van der Waals surface area contributed by atoms with Gasteiger partial charge in [0.05, 0.1) is 4.47 Å². The number of ether oxygens (including phenoxy) is 2. The van der Waals surface area contributed by atoms with Gasteiger partial charge >= 0.3 is 0 Å². The third kappa shape index (κ3) is 1.83. The van der Waals surface area contributed by atoms with E-state index in [2.05, 4.69) is 31.9 Å². The molecule has 13 heavy (non-hydrogen) atoms. The Kier molecular flexibility index (Phi) is 2.79. The smallest absolute Gasteiger partial charge is 0.175 e. The van der Waals surface area contributed by atoms with Crippen LogP contribution in [0.2, 0.25) is 0 Å². The van der Waals surface area contributed by atoms with Crippen LogP contribution in [-0.2, 0) is 0 Å². The van der Waals surface area contributed by atoms with Gasteiger partial charge in [-0.2, -0.15) is 0 Å². The standard InChI is InChI=1S/C9H8Br2O2/c10-4-6-5-12-8-3-1-2-7(11)9(8)13-6/h1-3,6H,4-5H2/t6-/m0/s1. The molecule has 0 saturated heterocycles. The largest absolute Gasteiger partial charge is 0.486 e. The topological polar surface area (TPSA) is 18.5 Å².